The maximum Gasteiger partial charge on any atom is 0.264 e. The molecule has 3 nitrogen and oxygen atoms in total. The van der Waals surface area contributed by atoms with Crippen molar-refractivity contribution in [3.63, 3.8) is 0 Å². The van der Waals surface area contributed by atoms with Crippen molar-refractivity contribution in [2.75, 3.05) is 13.1 Å². The Bertz CT molecular complexity index is 63.2. The topological polar surface area (TPSA) is 65.7 Å². The lowest BCUT2D eigenvalue weighted by Crippen LogP contribution is -2.63. The molecule has 0 saturated carbocycles. The summed E-state index contributed by atoms with van der Waals surface area (Å²) in [4.78, 5) is 0. The molecule has 4 heteroatoms. The van der Waals surface area contributed by atoms with Gasteiger partial charge in [0.25, 0.3) is 5.11 Å². The molecule has 0 rings (SSSR count). The minimum Gasteiger partial charge on any atom is -0.330 e. The summed E-state index contributed by atoms with van der Waals surface area (Å²) in [5.74, 6) is 0. The van der Waals surface area contributed by atoms with Gasteiger partial charge in [0.15, 0.2) is 0 Å². The maximum atomic E-state index is 5.13. The Hall–Kier alpha value is -0.190. The Morgan fingerprint density at radius 2 is 2.43 bits per heavy atom. The van der Waals surface area contributed by atoms with Crippen molar-refractivity contribution in [2.45, 2.75) is 0 Å². The third kappa shape index (κ3) is 5.81. The summed E-state index contributed by atoms with van der Waals surface area (Å²) < 4.78 is 0. The fourth-order valence-corrected chi connectivity index (χ4v) is 0.314. The summed E-state index contributed by atoms with van der Waals surface area (Å²) in [5, 5.41) is 3.35. The number of nitrogens with two attached hydrogens (primary N) is 1. The molecule has 0 aromatic rings. The number of nitrogens with one attached hydrogen (secondary N) is 1. The third-order valence-electron chi connectivity index (χ3n) is 0.467. The van der Waals surface area contributed by atoms with Crippen LogP contribution in [0.15, 0.2) is 0 Å². The molecule has 0 heterocycles. The summed E-state index contributed by atoms with van der Waals surface area (Å²) in [6, 6.07) is 0. The van der Waals surface area contributed by atoms with Gasteiger partial charge in [-0.2, -0.15) is 0 Å². The van der Waals surface area contributed by atoms with Crippen molar-refractivity contribution in [3.05, 3.63) is 0 Å². The zero-order valence-electron chi connectivity index (χ0n) is 4.11. The predicted molar refractivity (Wildman–Crippen MR) is 32.5 cm³/mol. The molecule has 0 spiro atoms. The normalized spacial score (nSPS) is 8.29. The van der Waals surface area contributed by atoms with E-state index in [-0.39, 0.29) is 0 Å². The van der Waals surface area contributed by atoms with Crippen molar-refractivity contribution in [2.24, 2.45) is 5.73 Å². The molecule has 0 bridgehead atoms. The second kappa shape index (κ2) is 3.98. The SMILES string of the molecule is NCCNC([NH3+])=S. The van der Waals surface area contributed by atoms with Crippen molar-refractivity contribution in [1.29, 1.82) is 0 Å². The van der Waals surface area contributed by atoms with Crippen LogP contribution in [0.5, 0.6) is 0 Å². The molecular formula is C3H10N3S+. The molecule has 0 atom stereocenters. The van der Waals surface area contributed by atoms with Gasteiger partial charge in [-0.05, 0) is 0 Å². The average molecular weight is 120 g/mol. The Kier molecular flexibility index (Phi) is 3.87. The average Bonchev–Trinajstić information content (AvgIpc) is 1.61. The predicted octanol–water partition coefficient (Wildman–Crippen LogP) is -1.94. The molecule has 42 valence electrons. The summed E-state index contributed by atoms with van der Waals surface area (Å²) in [6.45, 7) is 1.33. The van der Waals surface area contributed by atoms with E-state index in [1.165, 1.54) is 0 Å². The quantitative estimate of drug-likeness (QED) is 0.371. The van der Waals surface area contributed by atoms with Crippen LogP contribution in [0, 0.1) is 0 Å². The number of quaternary nitrogens is 1. The van der Waals surface area contributed by atoms with Crippen LogP contribution in [0.25, 0.3) is 0 Å². The van der Waals surface area contributed by atoms with Crippen LogP contribution in [0.1, 0.15) is 0 Å². The van der Waals surface area contributed by atoms with Crippen LogP contribution in [0.4, 0.5) is 0 Å². The molecule has 0 aliphatic carbocycles. The van der Waals surface area contributed by atoms with E-state index < -0.39 is 0 Å². The van der Waals surface area contributed by atoms with Crippen molar-refractivity contribution in [1.82, 2.24) is 5.32 Å². The second-order valence-electron chi connectivity index (χ2n) is 1.14. The molecule has 0 amide bonds. The number of hydrogen-bond donors (Lipinski definition) is 3. The highest BCUT2D eigenvalue weighted by Gasteiger charge is 1.83. The Balaban J connectivity index is 2.82. The first-order valence-electron chi connectivity index (χ1n) is 2.07. The van der Waals surface area contributed by atoms with Gasteiger partial charge in [0.2, 0.25) is 0 Å². The van der Waals surface area contributed by atoms with Gasteiger partial charge < -0.3 is 16.8 Å². The van der Waals surface area contributed by atoms with Gasteiger partial charge in [-0.3, -0.25) is 0 Å². The van der Waals surface area contributed by atoms with Gasteiger partial charge in [-0.25, -0.2) is 0 Å². The van der Waals surface area contributed by atoms with E-state index in [2.05, 4.69) is 23.3 Å². The van der Waals surface area contributed by atoms with E-state index in [1.807, 2.05) is 0 Å². The van der Waals surface area contributed by atoms with Crippen molar-refractivity contribution >= 4 is 17.3 Å². The van der Waals surface area contributed by atoms with E-state index >= 15 is 0 Å². The molecule has 0 aliphatic rings. The molecule has 0 aromatic carbocycles. The van der Waals surface area contributed by atoms with Crippen LogP contribution >= 0.6 is 12.2 Å². The van der Waals surface area contributed by atoms with Gasteiger partial charge in [0, 0.05) is 25.3 Å². The van der Waals surface area contributed by atoms with E-state index in [4.69, 9.17) is 5.73 Å². The van der Waals surface area contributed by atoms with Crippen LogP contribution in [-0.4, -0.2) is 18.2 Å². The molecule has 0 saturated heterocycles. The summed E-state index contributed by atoms with van der Waals surface area (Å²) in [6.07, 6.45) is 0. The Labute approximate surface area is 48.1 Å². The summed E-state index contributed by atoms with van der Waals surface area (Å²) in [7, 11) is 0. The van der Waals surface area contributed by atoms with E-state index in [1.54, 1.807) is 0 Å². The summed E-state index contributed by atoms with van der Waals surface area (Å²) in [5.41, 5.74) is 8.57. The Morgan fingerprint density at radius 3 is 2.57 bits per heavy atom. The van der Waals surface area contributed by atoms with Gasteiger partial charge in [-0.15, -0.1) is 0 Å². The highest BCUT2D eigenvalue weighted by Crippen LogP contribution is 1.50. The first-order valence-corrected chi connectivity index (χ1v) is 2.48. The largest absolute Gasteiger partial charge is 0.330 e. The zero-order chi connectivity index (χ0) is 5.70. The molecule has 0 radical (unpaired) electrons. The lowest BCUT2D eigenvalue weighted by Gasteiger charge is -1.93. The molecule has 0 aliphatic heterocycles. The minimum atomic E-state index is 0.561. The van der Waals surface area contributed by atoms with Gasteiger partial charge in [-0.1, -0.05) is 0 Å². The lowest BCUT2D eigenvalue weighted by atomic mass is 10.7. The van der Waals surface area contributed by atoms with Crippen LogP contribution in [0.3, 0.4) is 0 Å². The van der Waals surface area contributed by atoms with Crippen LogP contribution in [0.2, 0.25) is 0 Å². The smallest absolute Gasteiger partial charge is 0.264 e. The first-order chi connectivity index (χ1) is 3.27. The first kappa shape index (κ1) is 6.81. The van der Waals surface area contributed by atoms with Crippen LogP contribution in [-0.2, 0) is 0 Å². The van der Waals surface area contributed by atoms with Crippen LogP contribution < -0.4 is 16.8 Å². The number of hydrogen-bond acceptors (Lipinski definition) is 2. The highest BCUT2D eigenvalue weighted by molar-refractivity contribution is 7.79. The fourth-order valence-electron chi connectivity index (χ4n) is 0.212. The molecule has 0 unspecified atom stereocenters. The molecule has 7 heavy (non-hydrogen) atoms. The number of thiocarbonyl (C=S) groups is 1. The Morgan fingerprint density at radius 1 is 1.86 bits per heavy atom. The van der Waals surface area contributed by atoms with E-state index in [0.29, 0.717) is 11.7 Å². The molecule has 6 N–H and O–H groups in total. The molecule has 0 fully saturated rings. The highest BCUT2D eigenvalue weighted by atomic mass is 32.1. The minimum absolute atomic E-state index is 0.561. The van der Waals surface area contributed by atoms with Gasteiger partial charge in [0.05, 0.1) is 0 Å². The standard InChI is InChI=1S/C3H9N3S/c4-1-2-6-3(5)7/h1-2,4H2,(H3,5,6,7)/p+1. The second-order valence-corrected chi connectivity index (χ2v) is 1.63. The zero-order valence-corrected chi connectivity index (χ0v) is 4.92. The molecular weight excluding hydrogens is 110 g/mol. The number of rotatable bonds is 2. The van der Waals surface area contributed by atoms with Gasteiger partial charge in [0.1, 0.15) is 0 Å². The van der Waals surface area contributed by atoms with E-state index in [0.717, 1.165) is 6.54 Å². The molecule has 0 aromatic heterocycles. The lowest BCUT2D eigenvalue weighted by molar-refractivity contribution is -0.215. The monoisotopic (exact) mass is 120 g/mol. The van der Waals surface area contributed by atoms with Crippen molar-refractivity contribution < 1.29 is 5.73 Å². The van der Waals surface area contributed by atoms with Gasteiger partial charge >= 0.3 is 0 Å². The fraction of sp³-hybridized carbons (Fsp3) is 0.667. The van der Waals surface area contributed by atoms with E-state index in [9.17, 15) is 0 Å². The maximum absolute atomic E-state index is 5.13. The van der Waals surface area contributed by atoms with Crippen molar-refractivity contribution in [3.8, 4) is 0 Å². The summed E-state index contributed by atoms with van der Waals surface area (Å²) >= 11 is 4.58. The third-order valence-corrected chi connectivity index (χ3v) is 0.611.